The predicted molar refractivity (Wildman–Crippen MR) is 104 cm³/mol. The first-order valence-corrected chi connectivity index (χ1v) is 9.45. The Morgan fingerprint density at radius 3 is 2.62 bits per heavy atom. The van der Waals surface area contributed by atoms with Crippen LogP contribution in [0.3, 0.4) is 0 Å². The molecule has 0 heterocycles. The highest BCUT2D eigenvalue weighted by atomic mass is 32.2. The van der Waals surface area contributed by atoms with Crippen molar-refractivity contribution in [2.24, 2.45) is 0 Å². The van der Waals surface area contributed by atoms with E-state index in [4.69, 9.17) is 9.47 Å². The number of methoxy groups -OCH3 is 1. The Bertz CT molecular complexity index is 734. The number of nitrogens with one attached hydrogen (secondary N) is 1. The molecule has 6 heteroatoms. The van der Waals surface area contributed by atoms with Gasteiger partial charge in [-0.1, -0.05) is 36.4 Å². The minimum atomic E-state index is -0.545. The Hall–Kier alpha value is -2.47. The van der Waals surface area contributed by atoms with Gasteiger partial charge in [-0.25, -0.2) is 4.79 Å². The van der Waals surface area contributed by atoms with E-state index < -0.39 is 5.97 Å². The lowest BCUT2D eigenvalue weighted by Gasteiger charge is -2.09. The van der Waals surface area contributed by atoms with E-state index in [1.54, 1.807) is 37.1 Å². The topological polar surface area (TPSA) is 64.6 Å². The van der Waals surface area contributed by atoms with Crippen molar-refractivity contribution in [3.63, 3.8) is 0 Å². The second kappa shape index (κ2) is 10.5. The lowest BCUT2D eigenvalue weighted by atomic mass is 10.1. The van der Waals surface area contributed by atoms with Gasteiger partial charge in [0.2, 0.25) is 0 Å². The van der Waals surface area contributed by atoms with Crippen LogP contribution >= 0.6 is 11.8 Å². The van der Waals surface area contributed by atoms with Crippen molar-refractivity contribution in [2.45, 2.75) is 12.7 Å². The molecule has 0 aliphatic rings. The zero-order valence-corrected chi connectivity index (χ0v) is 15.8. The molecule has 138 valence electrons. The Balaban J connectivity index is 1.64. The summed E-state index contributed by atoms with van der Waals surface area (Å²) in [5, 5.41) is 2.75. The van der Waals surface area contributed by atoms with Gasteiger partial charge >= 0.3 is 5.97 Å². The molecule has 5 nitrogen and oxygen atoms in total. The third-order valence-corrected chi connectivity index (χ3v) is 4.69. The quantitative estimate of drug-likeness (QED) is 0.540. The molecule has 0 bridgehead atoms. The molecule has 26 heavy (non-hydrogen) atoms. The second-order valence-electron chi connectivity index (χ2n) is 5.65. The Kier molecular flexibility index (Phi) is 8.02. The molecule has 0 aliphatic heterocycles. The summed E-state index contributed by atoms with van der Waals surface area (Å²) >= 11 is 1.74. The minimum Gasteiger partial charge on any atom is -0.496 e. The van der Waals surface area contributed by atoms with Crippen LogP contribution in [0.4, 0.5) is 0 Å². The summed E-state index contributed by atoms with van der Waals surface area (Å²) < 4.78 is 10.2. The van der Waals surface area contributed by atoms with Crippen LogP contribution in [0.5, 0.6) is 5.75 Å². The monoisotopic (exact) mass is 373 g/mol. The highest BCUT2D eigenvalue weighted by Gasteiger charge is 2.12. The molecule has 1 amide bonds. The molecular weight excluding hydrogens is 350 g/mol. The molecule has 1 N–H and O–H groups in total. The lowest BCUT2D eigenvalue weighted by molar-refractivity contribution is -0.124. The molecule has 0 aliphatic carbocycles. The van der Waals surface area contributed by atoms with Crippen molar-refractivity contribution in [3.05, 3.63) is 65.2 Å². The van der Waals surface area contributed by atoms with Gasteiger partial charge in [0.1, 0.15) is 5.75 Å². The molecular formula is C20H23NO4S. The van der Waals surface area contributed by atoms with E-state index in [1.807, 2.05) is 25.1 Å². The van der Waals surface area contributed by atoms with E-state index in [1.165, 1.54) is 5.56 Å². The van der Waals surface area contributed by atoms with Crippen LogP contribution in [0, 0.1) is 6.92 Å². The Morgan fingerprint density at radius 1 is 1.12 bits per heavy atom. The minimum absolute atomic E-state index is 0.293. The molecule has 2 rings (SSSR count). The first kappa shape index (κ1) is 19.8. The van der Waals surface area contributed by atoms with E-state index in [9.17, 15) is 9.59 Å². The van der Waals surface area contributed by atoms with Gasteiger partial charge in [-0.3, -0.25) is 4.79 Å². The number of hydrogen-bond acceptors (Lipinski definition) is 5. The number of rotatable bonds is 9. The number of aryl methyl sites for hydroxylation is 1. The van der Waals surface area contributed by atoms with Crippen molar-refractivity contribution in [2.75, 3.05) is 26.0 Å². The normalized spacial score (nSPS) is 10.2. The fourth-order valence-electron chi connectivity index (χ4n) is 2.24. The third kappa shape index (κ3) is 6.44. The molecule has 0 atom stereocenters. The van der Waals surface area contributed by atoms with Crippen LogP contribution in [0.25, 0.3) is 0 Å². The number of carbonyl (C=O) groups excluding carboxylic acids is 2. The fourth-order valence-corrected chi connectivity index (χ4v) is 3.06. The Morgan fingerprint density at radius 2 is 1.88 bits per heavy atom. The molecule has 0 aromatic heterocycles. The summed E-state index contributed by atoms with van der Waals surface area (Å²) in [5.41, 5.74) is 2.54. The van der Waals surface area contributed by atoms with Crippen molar-refractivity contribution >= 4 is 23.6 Å². The van der Waals surface area contributed by atoms with Crippen molar-refractivity contribution in [1.82, 2.24) is 5.32 Å². The van der Waals surface area contributed by atoms with Crippen LogP contribution in [-0.4, -0.2) is 37.9 Å². The maximum absolute atomic E-state index is 12.0. The summed E-state index contributed by atoms with van der Waals surface area (Å²) in [6.45, 7) is 2.13. The second-order valence-corrected chi connectivity index (χ2v) is 6.75. The summed E-state index contributed by atoms with van der Waals surface area (Å²) in [6, 6.07) is 15.2. The summed E-state index contributed by atoms with van der Waals surface area (Å²) in [7, 11) is 1.54. The first-order chi connectivity index (χ1) is 12.6. The Labute approximate surface area is 158 Å². The van der Waals surface area contributed by atoms with Crippen LogP contribution in [0.15, 0.2) is 48.5 Å². The summed E-state index contributed by atoms with van der Waals surface area (Å²) in [6.07, 6.45) is 0. The molecule has 0 saturated carbocycles. The van der Waals surface area contributed by atoms with Gasteiger partial charge in [0.15, 0.2) is 6.61 Å². The number of benzene rings is 2. The first-order valence-electron chi connectivity index (χ1n) is 8.30. The van der Waals surface area contributed by atoms with E-state index in [0.717, 1.165) is 17.1 Å². The van der Waals surface area contributed by atoms with Crippen LogP contribution in [-0.2, 0) is 15.3 Å². The average molecular weight is 373 g/mol. The predicted octanol–water partition coefficient (Wildman–Crippen LogP) is 3.21. The smallest absolute Gasteiger partial charge is 0.338 e. The van der Waals surface area contributed by atoms with Gasteiger partial charge < -0.3 is 14.8 Å². The van der Waals surface area contributed by atoms with Gasteiger partial charge in [0, 0.05) is 18.1 Å². The van der Waals surface area contributed by atoms with E-state index in [2.05, 4.69) is 17.4 Å². The highest BCUT2D eigenvalue weighted by Crippen LogP contribution is 2.19. The lowest BCUT2D eigenvalue weighted by Crippen LogP contribution is -2.30. The van der Waals surface area contributed by atoms with Gasteiger partial charge in [-0.15, -0.1) is 0 Å². The molecule has 0 fully saturated rings. The van der Waals surface area contributed by atoms with Gasteiger partial charge in [0.25, 0.3) is 5.91 Å². The van der Waals surface area contributed by atoms with Gasteiger partial charge in [-0.2, -0.15) is 11.8 Å². The van der Waals surface area contributed by atoms with Gasteiger partial charge in [-0.05, 0) is 30.2 Å². The number of hydrogen-bond donors (Lipinski definition) is 1. The molecule has 2 aromatic rings. The largest absolute Gasteiger partial charge is 0.496 e. The van der Waals surface area contributed by atoms with Gasteiger partial charge in [0.05, 0.1) is 12.7 Å². The van der Waals surface area contributed by atoms with Crippen LogP contribution < -0.4 is 10.1 Å². The van der Waals surface area contributed by atoms with E-state index in [0.29, 0.717) is 17.9 Å². The highest BCUT2D eigenvalue weighted by molar-refractivity contribution is 7.98. The van der Waals surface area contributed by atoms with Crippen molar-refractivity contribution < 1.29 is 19.1 Å². The van der Waals surface area contributed by atoms with Crippen molar-refractivity contribution in [3.8, 4) is 5.75 Å². The third-order valence-electron chi connectivity index (χ3n) is 3.66. The molecule has 0 radical (unpaired) electrons. The standard InChI is InChI=1S/C20H23NO4S/c1-15-8-9-17(12-18(15)24-2)20(23)25-13-19(22)21-10-11-26-14-16-6-4-3-5-7-16/h3-9,12H,10-11,13-14H2,1-2H3,(H,21,22). The maximum Gasteiger partial charge on any atom is 0.338 e. The zero-order valence-electron chi connectivity index (χ0n) is 15.0. The fraction of sp³-hybridized carbons (Fsp3) is 0.300. The molecule has 2 aromatic carbocycles. The number of esters is 1. The molecule has 0 unspecified atom stereocenters. The summed E-state index contributed by atoms with van der Waals surface area (Å²) in [5.74, 6) is 1.46. The zero-order chi connectivity index (χ0) is 18.8. The number of thioether (sulfide) groups is 1. The number of ether oxygens (including phenoxy) is 2. The van der Waals surface area contributed by atoms with Crippen LogP contribution in [0.2, 0.25) is 0 Å². The number of amides is 1. The molecule has 0 saturated heterocycles. The summed E-state index contributed by atoms with van der Waals surface area (Å²) in [4.78, 5) is 23.8. The number of carbonyl (C=O) groups is 2. The van der Waals surface area contributed by atoms with E-state index in [-0.39, 0.29) is 12.5 Å². The van der Waals surface area contributed by atoms with Crippen molar-refractivity contribution in [1.29, 1.82) is 0 Å². The maximum atomic E-state index is 12.0. The van der Waals surface area contributed by atoms with Crippen LogP contribution in [0.1, 0.15) is 21.5 Å². The average Bonchev–Trinajstić information content (AvgIpc) is 2.67. The molecule has 0 spiro atoms. The van der Waals surface area contributed by atoms with E-state index >= 15 is 0 Å². The SMILES string of the molecule is COc1cc(C(=O)OCC(=O)NCCSCc2ccccc2)ccc1C.